The fourth-order valence-electron chi connectivity index (χ4n) is 4.37. The molecule has 1 aliphatic heterocycles. The summed E-state index contributed by atoms with van der Waals surface area (Å²) in [5.74, 6) is -0.466. The second-order valence-corrected chi connectivity index (χ2v) is 8.29. The Morgan fingerprint density at radius 1 is 1.10 bits per heavy atom. The van der Waals surface area contributed by atoms with Gasteiger partial charge in [-0.2, -0.15) is 0 Å². The molecule has 29 heavy (non-hydrogen) atoms. The maximum absolute atomic E-state index is 11.5. The summed E-state index contributed by atoms with van der Waals surface area (Å²) < 4.78 is 0. The van der Waals surface area contributed by atoms with Crippen molar-refractivity contribution in [3.63, 3.8) is 0 Å². The third-order valence-electron chi connectivity index (χ3n) is 6.00. The van der Waals surface area contributed by atoms with Gasteiger partial charge in [-0.25, -0.2) is 9.78 Å². The van der Waals surface area contributed by atoms with E-state index in [-0.39, 0.29) is 0 Å². The highest BCUT2D eigenvalue weighted by Gasteiger charge is 2.42. The number of halogens is 1. The van der Waals surface area contributed by atoms with Crippen molar-refractivity contribution in [1.29, 1.82) is 0 Å². The minimum atomic E-state index is -0.529. The summed E-state index contributed by atoms with van der Waals surface area (Å²) in [6.45, 7) is 2.32. The standard InChI is InChI=1S/C23H25ClN2O3/c1-14-10-18(15-6-5-7-16(11-15)22(26)27)20(24)12-17(14)19-13-28-29-23(21(19)25)8-3-2-4-9-23/h5-7,10-12H,2-4,8-9,13,25H2,1H3,(H2,26,27). The Morgan fingerprint density at radius 2 is 1.86 bits per heavy atom. The number of amides is 1. The topological polar surface area (TPSA) is 87.6 Å². The van der Waals surface area contributed by atoms with E-state index in [0.29, 0.717) is 17.2 Å². The number of hydrogen-bond donors (Lipinski definition) is 2. The molecule has 1 saturated carbocycles. The first kappa shape index (κ1) is 20.0. The molecule has 6 heteroatoms. The molecule has 2 aromatic rings. The number of rotatable bonds is 3. The summed E-state index contributed by atoms with van der Waals surface area (Å²) in [6.07, 6.45) is 5.08. The fraction of sp³-hybridized carbons (Fsp3) is 0.348. The van der Waals surface area contributed by atoms with Crippen LogP contribution in [0.25, 0.3) is 16.7 Å². The maximum Gasteiger partial charge on any atom is 0.248 e. The van der Waals surface area contributed by atoms with Crippen LogP contribution >= 0.6 is 11.6 Å². The highest BCUT2D eigenvalue weighted by molar-refractivity contribution is 6.33. The average Bonchev–Trinajstić information content (AvgIpc) is 2.72. The minimum absolute atomic E-state index is 0.293. The first-order valence-electron chi connectivity index (χ1n) is 9.92. The second-order valence-electron chi connectivity index (χ2n) is 7.88. The van der Waals surface area contributed by atoms with Crippen LogP contribution in [0, 0.1) is 6.92 Å². The van der Waals surface area contributed by atoms with E-state index in [1.807, 2.05) is 25.1 Å². The van der Waals surface area contributed by atoms with E-state index < -0.39 is 11.5 Å². The zero-order chi connectivity index (χ0) is 20.6. The van der Waals surface area contributed by atoms with Crippen LogP contribution in [0.15, 0.2) is 42.1 Å². The molecule has 4 rings (SSSR count). The van der Waals surface area contributed by atoms with E-state index in [2.05, 4.69) is 0 Å². The van der Waals surface area contributed by atoms with Crippen LogP contribution in [-0.4, -0.2) is 18.1 Å². The first-order valence-corrected chi connectivity index (χ1v) is 10.3. The van der Waals surface area contributed by atoms with Crippen molar-refractivity contribution in [3.8, 4) is 11.1 Å². The number of nitrogens with two attached hydrogens (primary N) is 2. The average molecular weight is 413 g/mol. The fourth-order valence-corrected chi connectivity index (χ4v) is 4.64. The van der Waals surface area contributed by atoms with E-state index >= 15 is 0 Å². The Labute approximate surface area is 175 Å². The van der Waals surface area contributed by atoms with Gasteiger partial charge in [0.2, 0.25) is 5.91 Å². The highest BCUT2D eigenvalue weighted by atomic mass is 35.5. The van der Waals surface area contributed by atoms with Crippen LogP contribution in [0.1, 0.15) is 53.6 Å². The summed E-state index contributed by atoms with van der Waals surface area (Å²) in [6, 6.07) is 11.1. The molecule has 2 aliphatic rings. The number of hydrogen-bond acceptors (Lipinski definition) is 4. The van der Waals surface area contributed by atoms with Gasteiger partial charge in [-0.05, 0) is 60.7 Å². The lowest BCUT2D eigenvalue weighted by Crippen LogP contribution is -2.44. The van der Waals surface area contributed by atoms with Gasteiger partial charge in [0.15, 0.2) is 0 Å². The van der Waals surface area contributed by atoms with E-state index in [1.165, 1.54) is 6.42 Å². The molecule has 1 aliphatic carbocycles. The monoisotopic (exact) mass is 412 g/mol. The lowest BCUT2D eigenvalue weighted by molar-refractivity contribution is -0.356. The molecule has 0 radical (unpaired) electrons. The van der Waals surface area contributed by atoms with E-state index in [4.69, 9.17) is 32.8 Å². The molecule has 0 aromatic heterocycles. The normalized spacial score (nSPS) is 18.8. The van der Waals surface area contributed by atoms with Gasteiger partial charge >= 0.3 is 0 Å². The minimum Gasteiger partial charge on any atom is -0.399 e. The lowest BCUT2D eigenvalue weighted by Gasteiger charge is -2.40. The molecule has 1 amide bonds. The van der Waals surface area contributed by atoms with Gasteiger partial charge in [0.25, 0.3) is 0 Å². The number of aryl methyl sites for hydroxylation is 1. The Hall–Kier alpha value is -2.34. The van der Waals surface area contributed by atoms with Gasteiger partial charge in [-0.15, -0.1) is 0 Å². The third kappa shape index (κ3) is 3.66. The molecule has 1 fully saturated rings. The molecular weight excluding hydrogens is 388 g/mol. The predicted octanol–water partition coefficient (Wildman–Crippen LogP) is 4.75. The molecule has 0 atom stereocenters. The van der Waals surface area contributed by atoms with Crippen molar-refractivity contribution in [2.75, 3.05) is 6.61 Å². The van der Waals surface area contributed by atoms with Crippen molar-refractivity contribution in [2.45, 2.75) is 44.6 Å². The van der Waals surface area contributed by atoms with E-state index in [1.54, 1.807) is 18.2 Å². The van der Waals surface area contributed by atoms with Crippen LogP contribution < -0.4 is 11.5 Å². The van der Waals surface area contributed by atoms with Crippen molar-refractivity contribution < 1.29 is 14.6 Å². The molecule has 0 bridgehead atoms. The van der Waals surface area contributed by atoms with Crippen molar-refractivity contribution in [1.82, 2.24) is 0 Å². The van der Waals surface area contributed by atoms with Crippen LogP contribution in [0.5, 0.6) is 0 Å². The lowest BCUT2D eigenvalue weighted by atomic mass is 9.79. The number of primary amides is 1. The Bertz CT molecular complexity index is 994. The van der Waals surface area contributed by atoms with E-state index in [9.17, 15) is 4.79 Å². The molecule has 5 nitrogen and oxygen atoms in total. The van der Waals surface area contributed by atoms with Crippen LogP contribution in [0.3, 0.4) is 0 Å². The number of benzene rings is 2. The molecule has 152 valence electrons. The molecule has 4 N–H and O–H groups in total. The van der Waals surface area contributed by atoms with Crippen molar-refractivity contribution >= 4 is 23.1 Å². The van der Waals surface area contributed by atoms with Crippen molar-refractivity contribution in [3.05, 3.63) is 63.8 Å². The zero-order valence-electron chi connectivity index (χ0n) is 16.5. The van der Waals surface area contributed by atoms with Crippen LogP contribution in [-0.2, 0) is 9.78 Å². The smallest absolute Gasteiger partial charge is 0.248 e. The molecule has 0 saturated heterocycles. The molecule has 1 heterocycles. The van der Waals surface area contributed by atoms with Gasteiger partial charge in [0.1, 0.15) is 12.2 Å². The summed E-state index contributed by atoms with van der Waals surface area (Å²) >= 11 is 6.66. The van der Waals surface area contributed by atoms with Crippen LogP contribution in [0.2, 0.25) is 5.02 Å². The summed E-state index contributed by atoms with van der Waals surface area (Å²) in [5.41, 5.74) is 17.3. The number of carbonyl (C=O) groups excluding carboxylic acids is 1. The summed E-state index contributed by atoms with van der Waals surface area (Å²) in [5, 5.41) is 0.580. The van der Waals surface area contributed by atoms with Gasteiger partial charge in [0.05, 0.1) is 5.70 Å². The zero-order valence-corrected chi connectivity index (χ0v) is 17.2. The molecular formula is C23H25ClN2O3. The maximum atomic E-state index is 11.5. The van der Waals surface area contributed by atoms with Gasteiger partial charge in [0, 0.05) is 21.7 Å². The SMILES string of the molecule is Cc1cc(-c2cccc(C(N)=O)c2)c(Cl)cc1C1=C(N)C2(CCCCC2)OOC1. The molecule has 0 unspecified atom stereocenters. The van der Waals surface area contributed by atoms with Gasteiger partial charge < -0.3 is 11.5 Å². The third-order valence-corrected chi connectivity index (χ3v) is 6.31. The van der Waals surface area contributed by atoms with E-state index in [0.717, 1.165) is 59.2 Å². The highest BCUT2D eigenvalue weighted by Crippen LogP contribution is 2.43. The van der Waals surface area contributed by atoms with Crippen LogP contribution in [0.4, 0.5) is 0 Å². The quantitative estimate of drug-likeness (QED) is 0.712. The Kier molecular flexibility index (Phi) is 5.38. The summed E-state index contributed by atoms with van der Waals surface area (Å²) in [7, 11) is 0. The first-order chi connectivity index (χ1) is 13.9. The second kappa shape index (κ2) is 7.82. The predicted molar refractivity (Wildman–Crippen MR) is 114 cm³/mol. The van der Waals surface area contributed by atoms with Gasteiger partial charge in [-0.3, -0.25) is 4.79 Å². The van der Waals surface area contributed by atoms with Gasteiger partial charge in [-0.1, -0.05) is 43.0 Å². The molecule has 1 spiro atoms. The Balaban J connectivity index is 1.77. The number of carbonyl (C=O) groups is 1. The molecule has 2 aromatic carbocycles. The van der Waals surface area contributed by atoms with Crippen molar-refractivity contribution in [2.24, 2.45) is 11.5 Å². The Morgan fingerprint density at radius 3 is 2.59 bits per heavy atom. The largest absolute Gasteiger partial charge is 0.399 e. The summed E-state index contributed by atoms with van der Waals surface area (Å²) in [4.78, 5) is 22.8.